The maximum absolute atomic E-state index is 13.0. The molecule has 1 heterocycles. The van der Waals surface area contributed by atoms with Crippen molar-refractivity contribution in [2.45, 2.75) is 6.54 Å². The molecule has 0 aliphatic carbocycles. The Morgan fingerprint density at radius 3 is 2.44 bits per heavy atom. The first kappa shape index (κ1) is 17.4. The number of rotatable bonds is 4. The quantitative estimate of drug-likeness (QED) is 0.487. The van der Waals surface area contributed by atoms with Gasteiger partial charge in [-0.2, -0.15) is 0 Å². The summed E-state index contributed by atoms with van der Waals surface area (Å²) in [6.45, 7) is 0.100. The first-order chi connectivity index (χ1) is 13.1. The van der Waals surface area contributed by atoms with E-state index in [9.17, 15) is 9.18 Å². The van der Waals surface area contributed by atoms with Crippen molar-refractivity contribution in [3.05, 3.63) is 83.1 Å². The van der Waals surface area contributed by atoms with Crippen molar-refractivity contribution in [1.29, 1.82) is 0 Å². The highest BCUT2D eigenvalue weighted by Crippen LogP contribution is 2.26. The molecule has 4 nitrogen and oxygen atoms in total. The highest BCUT2D eigenvalue weighted by atomic mass is 79.9. The Morgan fingerprint density at radius 1 is 1.00 bits per heavy atom. The van der Waals surface area contributed by atoms with Crippen LogP contribution in [0.4, 0.5) is 10.1 Å². The fraction of sp³-hybridized carbons (Fsp3) is 0.0476. The number of carbonyl (C=O) groups is 1. The van der Waals surface area contributed by atoms with Crippen molar-refractivity contribution < 1.29 is 9.18 Å². The second-order valence-corrected chi connectivity index (χ2v) is 6.99. The van der Waals surface area contributed by atoms with Crippen LogP contribution in [0.15, 0.2) is 77.3 Å². The van der Waals surface area contributed by atoms with Crippen molar-refractivity contribution in [1.82, 2.24) is 9.55 Å². The first-order valence-corrected chi connectivity index (χ1v) is 9.16. The molecule has 27 heavy (non-hydrogen) atoms. The summed E-state index contributed by atoms with van der Waals surface area (Å²) in [6.07, 6.45) is 0. The first-order valence-electron chi connectivity index (χ1n) is 8.37. The Kier molecular flexibility index (Phi) is 4.73. The third-order valence-corrected chi connectivity index (χ3v) is 4.72. The van der Waals surface area contributed by atoms with E-state index in [1.54, 1.807) is 0 Å². The molecule has 134 valence electrons. The van der Waals surface area contributed by atoms with E-state index in [1.807, 2.05) is 53.1 Å². The standard InChI is InChI=1S/C21H15BrFN3O/c22-15-7-5-14(6-8-15)21-25-18-3-1-2-4-19(18)26(21)13-20(27)24-17-11-9-16(23)10-12-17/h1-12H,13H2,(H,24,27). The molecule has 0 spiro atoms. The number of carbonyl (C=O) groups excluding carboxylic acids is 1. The van der Waals surface area contributed by atoms with Gasteiger partial charge in [-0.3, -0.25) is 4.79 Å². The number of fused-ring (bicyclic) bond motifs is 1. The van der Waals surface area contributed by atoms with Crippen LogP contribution in [-0.2, 0) is 11.3 Å². The molecule has 0 bridgehead atoms. The molecule has 0 saturated carbocycles. The zero-order valence-corrected chi connectivity index (χ0v) is 15.8. The molecule has 4 aromatic rings. The number of benzene rings is 3. The van der Waals surface area contributed by atoms with Crippen molar-refractivity contribution in [3.63, 3.8) is 0 Å². The van der Waals surface area contributed by atoms with Crippen LogP contribution in [0.25, 0.3) is 22.4 Å². The second-order valence-electron chi connectivity index (χ2n) is 6.07. The van der Waals surface area contributed by atoms with Gasteiger partial charge in [0.2, 0.25) is 5.91 Å². The zero-order valence-electron chi connectivity index (χ0n) is 14.2. The third kappa shape index (κ3) is 3.75. The van der Waals surface area contributed by atoms with Crippen LogP contribution < -0.4 is 5.32 Å². The van der Waals surface area contributed by atoms with Crippen molar-refractivity contribution in [2.75, 3.05) is 5.32 Å². The molecule has 0 radical (unpaired) electrons. The molecule has 0 aliphatic heterocycles. The lowest BCUT2D eigenvalue weighted by Crippen LogP contribution is -2.19. The highest BCUT2D eigenvalue weighted by Gasteiger charge is 2.15. The van der Waals surface area contributed by atoms with Gasteiger partial charge in [-0.25, -0.2) is 9.37 Å². The van der Waals surface area contributed by atoms with Crippen LogP contribution in [0.2, 0.25) is 0 Å². The summed E-state index contributed by atoms with van der Waals surface area (Å²) in [7, 11) is 0. The number of amides is 1. The van der Waals surface area contributed by atoms with E-state index in [0.717, 1.165) is 26.9 Å². The Hall–Kier alpha value is -2.99. The summed E-state index contributed by atoms with van der Waals surface area (Å²) in [5.74, 6) is 0.173. The predicted molar refractivity (Wildman–Crippen MR) is 108 cm³/mol. The van der Waals surface area contributed by atoms with Crippen LogP contribution >= 0.6 is 15.9 Å². The maximum atomic E-state index is 13.0. The van der Waals surface area contributed by atoms with Crippen LogP contribution in [0.5, 0.6) is 0 Å². The number of hydrogen-bond acceptors (Lipinski definition) is 2. The number of nitrogens with zero attached hydrogens (tertiary/aromatic N) is 2. The van der Waals surface area contributed by atoms with Gasteiger partial charge in [0.1, 0.15) is 18.2 Å². The zero-order chi connectivity index (χ0) is 18.8. The van der Waals surface area contributed by atoms with E-state index in [2.05, 4.69) is 21.2 Å². The molecule has 0 aliphatic rings. The van der Waals surface area contributed by atoms with Gasteiger partial charge in [0.05, 0.1) is 11.0 Å². The molecule has 6 heteroatoms. The normalized spacial score (nSPS) is 10.9. The van der Waals surface area contributed by atoms with E-state index >= 15 is 0 Å². The SMILES string of the molecule is O=C(Cn1c(-c2ccc(Br)cc2)nc2ccccc21)Nc1ccc(F)cc1. The summed E-state index contributed by atoms with van der Waals surface area (Å²) < 4.78 is 15.9. The monoisotopic (exact) mass is 423 g/mol. The molecule has 1 N–H and O–H groups in total. The second kappa shape index (κ2) is 7.32. The molecule has 0 unspecified atom stereocenters. The van der Waals surface area contributed by atoms with E-state index in [1.165, 1.54) is 24.3 Å². The third-order valence-electron chi connectivity index (χ3n) is 4.19. The lowest BCUT2D eigenvalue weighted by Gasteiger charge is -2.10. The van der Waals surface area contributed by atoms with E-state index in [0.29, 0.717) is 5.69 Å². The Balaban J connectivity index is 1.69. The fourth-order valence-corrected chi connectivity index (χ4v) is 3.20. The Labute approximate surface area is 163 Å². The van der Waals surface area contributed by atoms with E-state index < -0.39 is 0 Å². The number of para-hydroxylation sites is 2. The van der Waals surface area contributed by atoms with Gasteiger partial charge in [-0.05, 0) is 48.5 Å². The number of hydrogen-bond donors (Lipinski definition) is 1. The van der Waals surface area contributed by atoms with Crippen LogP contribution in [0, 0.1) is 5.82 Å². The average Bonchev–Trinajstić information content (AvgIpc) is 3.03. The molecule has 1 amide bonds. The lowest BCUT2D eigenvalue weighted by molar-refractivity contribution is -0.116. The molecule has 3 aromatic carbocycles. The van der Waals surface area contributed by atoms with Crippen LogP contribution in [0.1, 0.15) is 0 Å². The van der Waals surface area contributed by atoms with Gasteiger partial charge >= 0.3 is 0 Å². The number of halogens is 2. The largest absolute Gasteiger partial charge is 0.325 e. The van der Waals surface area contributed by atoms with Crippen molar-refractivity contribution >= 4 is 38.6 Å². The molecule has 0 saturated heterocycles. The summed E-state index contributed by atoms with van der Waals surface area (Å²) in [4.78, 5) is 17.3. The minimum atomic E-state index is -0.342. The molecular formula is C21H15BrFN3O. The minimum Gasteiger partial charge on any atom is -0.325 e. The van der Waals surface area contributed by atoms with Gasteiger partial charge in [-0.1, -0.05) is 40.2 Å². The number of aromatic nitrogens is 2. The van der Waals surface area contributed by atoms with Gasteiger partial charge in [0.15, 0.2) is 0 Å². The smallest absolute Gasteiger partial charge is 0.244 e. The van der Waals surface area contributed by atoms with Crippen molar-refractivity contribution in [2.24, 2.45) is 0 Å². The maximum Gasteiger partial charge on any atom is 0.244 e. The van der Waals surface area contributed by atoms with E-state index in [4.69, 9.17) is 4.98 Å². The molecule has 0 atom stereocenters. The number of nitrogens with one attached hydrogen (secondary N) is 1. The number of imidazole rings is 1. The Morgan fingerprint density at radius 2 is 1.70 bits per heavy atom. The van der Waals surface area contributed by atoms with Crippen LogP contribution in [0.3, 0.4) is 0 Å². The lowest BCUT2D eigenvalue weighted by atomic mass is 10.2. The van der Waals surface area contributed by atoms with Gasteiger partial charge in [0, 0.05) is 15.7 Å². The highest BCUT2D eigenvalue weighted by molar-refractivity contribution is 9.10. The summed E-state index contributed by atoms with van der Waals surface area (Å²) in [5.41, 5.74) is 3.18. The molecule has 0 fully saturated rings. The molecular weight excluding hydrogens is 409 g/mol. The van der Waals surface area contributed by atoms with Crippen LogP contribution in [-0.4, -0.2) is 15.5 Å². The van der Waals surface area contributed by atoms with Crippen molar-refractivity contribution in [3.8, 4) is 11.4 Å². The minimum absolute atomic E-state index is 0.100. The summed E-state index contributed by atoms with van der Waals surface area (Å²) in [6, 6.07) is 21.2. The van der Waals surface area contributed by atoms with Gasteiger partial charge in [-0.15, -0.1) is 0 Å². The van der Waals surface area contributed by atoms with Gasteiger partial charge < -0.3 is 9.88 Å². The van der Waals surface area contributed by atoms with Gasteiger partial charge in [0.25, 0.3) is 0 Å². The fourth-order valence-electron chi connectivity index (χ4n) is 2.93. The Bertz CT molecular complexity index is 1100. The predicted octanol–water partition coefficient (Wildman–Crippen LogP) is 5.24. The van der Waals surface area contributed by atoms with E-state index in [-0.39, 0.29) is 18.3 Å². The average molecular weight is 424 g/mol. The molecule has 1 aromatic heterocycles. The molecule has 4 rings (SSSR count). The number of anilines is 1. The topological polar surface area (TPSA) is 46.9 Å². The summed E-state index contributed by atoms with van der Waals surface area (Å²) in [5, 5.41) is 2.80. The summed E-state index contributed by atoms with van der Waals surface area (Å²) >= 11 is 3.44.